The van der Waals surface area contributed by atoms with Crippen LogP contribution in [0.3, 0.4) is 0 Å². The van der Waals surface area contributed by atoms with Gasteiger partial charge in [0.05, 0.1) is 18.5 Å². The van der Waals surface area contributed by atoms with E-state index >= 15 is 0 Å². The van der Waals surface area contributed by atoms with Gasteiger partial charge in [-0.25, -0.2) is 13.4 Å². The predicted octanol–water partition coefficient (Wildman–Crippen LogP) is 0.271. The van der Waals surface area contributed by atoms with Crippen LogP contribution < -0.4 is 5.32 Å². The minimum absolute atomic E-state index is 0. The molecule has 1 aliphatic rings. The van der Waals surface area contributed by atoms with Gasteiger partial charge in [0.25, 0.3) is 0 Å². The molecule has 162 valence electrons. The van der Waals surface area contributed by atoms with Gasteiger partial charge in [0.2, 0.25) is 10.0 Å². The third-order valence-electron chi connectivity index (χ3n) is 4.23. The first-order valence-corrected chi connectivity index (χ1v) is 10.9. The number of aromatic nitrogens is 3. The number of nitrogens with zero attached hydrogens (tertiary/aromatic N) is 6. The Morgan fingerprint density at radius 2 is 2.00 bits per heavy atom. The normalized spacial score (nSPS) is 16.3. The highest BCUT2D eigenvalue weighted by Gasteiger charge is 2.28. The average Bonchev–Trinajstić information content (AvgIpc) is 3.03. The van der Waals surface area contributed by atoms with E-state index in [9.17, 15) is 8.42 Å². The van der Waals surface area contributed by atoms with Gasteiger partial charge in [-0.1, -0.05) is 0 Å². The van der Waals surface area contributed by atoms with E-state index in [1.165, 1.54) is 0 Å². The molecule has 1 aliphatic heterocycles. The third kappa shape index (κ3) is 7.44. The highest BCUT2D eigenvalue weighted by Crippen LogP contribution is 2.09. The van der Waals surface area contributed by atoms with Crippen LogP contribution in [0, 0.1) is 0 Å². The molecule has 0 atom stereocenters. The van der Waals surface area contributed by atoms with Crippen LogP contribution in [0.25, 0.3) is 0 Å². The number of hydrogen-bond acceptors (Lipinski definition) is 6. The van der Waals surface area contributed by atoms with Crippen molar-refractivity contribution >= 4 is 40.0 Å². The van der Waals surface area contributed by atoms with Gasteiger partial charge in [0, 0.05) is 39.8 Å². The molecular weight excluding hydrogens is 497 g/mol. The summed E-state index contributed by atoms with van der Waals surface area (Å²) in [5.41, 5.74) is 0. The summed E-state index contributed by atoms with van der Waals surface area (Å²) in [7, 11) is -1.41. The fourth-order valence-corrected chi connectivity index (χ4v) is 4.00. The molecule has 0 bridgehead atoms. The quantitative estimate of drug-likeness (QED) is 0.293. The van der Waals surface area contributed by atoms with Crippen molar-refractivity contribution < 1.29 is 13.2 Å². The van der Waals surface area contributed by atoms with E-state index in [2.05, 4.69) is 25.4 Å². The number of hydrogen-bond donors (Lipinski definition) is 1. The van der Waals surface area contributed by atoms with Gasteiger partial charge >= 0.3 is 0 Å². The molecule has 0 spiro atoms. The van der Waals surface area contributed by atoms with E-state index in [1.807, 2.05) is 32.4 Å². The first-order valence-electron chi connectivity index (χ1n) is 9.29. The lowest BCUT2D eigenvalue weighted by Crippen LogP contribution is -2.54. The minimum atomic E-state index is -3.29. The number of piperazine rings is 1. The van der Waals surface area contributed by atoms with Crippen molar-refractivity contribution in [1.29, 1.82) is 0 Å². The number of sulfonamides is 1. The summed E-state index contributed by atoms with van der Waals surface area (Å²) in [5.74, 6) is 1.56. The molecule has 0 aliphatic carbocycles. The molecule has 1 aromatic rings. The fraction of sp³-hybridized carbons (Fsp3) is 0.812. The molecule has 10 nitrogen and oxygen atoms in total. The lowest BCUT2D eigenvalue weighted by atomic mass is 10.4. The molecule has 0 radical (unpaired) electrons. The molecule has 28 heavy (non-hydrogen) atoms. The first kappa shape index (κ1) is 25.0. The van der Waals surface area contributed by atoms with E-state index in [4.69, 9.17) is 4.74 Å². The highest BCUT2D eigenvalue weighted by atomic mass is 127. The van der Waals surface area contributed by atoms with Gasteiger partial charge in [-0.05, 0) is 20.8 Å². The van der Waals surface area contributed by atoms with Crippen molar-refractivity contribution in [2.75, 3.05) is 45.1 Å². The zero-order chi connectivity index (χ0) is 19.9. The zero-order valence-corrected chi connectivity index (χ0v) is 20.2. The molecule has 1 N–H and O–H groups in total. The van der Waals surface area contributed by atoms with Crippen molar-refractivity contribution in [1.82, 2.24) is 29.3 Å². The fourth-order valence-electron chi connectivity index (χ4n) is 2.72. The first-order chi connectivity index (χ1) is 12.8. The summed E-state index contributed by atoms with van der Waals surface area (Å²) in [5, 5.41) is 11.2. The van der Waals surface area contributed by atoms with E-state index in [1.54, 1.807) is 10.6 Å². The minimum Gasteiger partial charge on any atom is -0.378 e. The maximum Gasteiger partial charge on any atom is 0.216 e. The summed E-state index contributed by atoms with van der Waals surface area (Å²) in [4.78, 5) is 6.70. The van der Waals surface area contributed by atoms with Crippen LogP contribution >= 0.6 is 24.0 Å². The number of rotatable bonds is 8. The summed E-state index contributed by atoms with van der Waals surface area (Å²) in [6.07, 6.45) is 1.68. The van der Waals surface area contributed by atoms with Crippen LogP contribution in [0.5, 0.6) is 0 Å². The van der Waals surface area contributed by atoms with Crippen molar-refractivity contribution in [3.63, 3.8) is 0 Å². The monoisotopic (exact) mass is 529 g/mol. The summed E-state index contributed by atoms with van der Waals surface area (Å²) < 4.78 is 33.7. The average molecular weight is 529 g/mol. The second-order valence-corrected chi connectivity index (χ2v) is 8.74. The van der Waals surface area contributed by atoms with Gasteiger partial charge in [-0.2, -0.15) is 4.31 Å². The second-order valence-electron chi connectivity index (χ2n) is 6.65. The molecule has 1 saturated heterocycles. The van der Waals surface area contributed by atoms with E-state index in [0.717, 1.165) is 18.3 Å². The predicted molar refractivity (Wildman–Crippen MR) is 119 cm³/mol. The third-order valence-corrected chi connectivity index (χ3v) is 6.07. The number of halogens is 1. The molecule has 2 heterocycles. The Balaban J connectivity index is 0.00000392. The molecule has 0 amide bonds. The van der Waals surface area contributed by atoms with Gasteiger partial charge < -0.3 is 19.5 Å². The lowest BCUT2D eigenvalue weighted by Gasteiger charge is -2.35. The van der Waals surface area contributed by atoms with Crippen molar-refractivity contribution in [3.05, 3.63) is 12.2 Å². The number of aryl methyl sites for hydroxylation is 1. The van der Waals surface area contributed by atoms with E-state index in [0.29, 0.717) is 32.7 Å². The number of aliphatic imine (C=N–C) groups is 1. The Labute approximate surface area is 184 Å². The number of ether oxygens (including phenoxy) is 1. The summed E-state index contributed by atoms with van der Waals surface area (Å²) in [6, 6.07) is 0. The molecule has 12 heteroatoms. The van der Waals surface area contributed by atoms with Crippen LogP contribution in [0.1, 0.15) is 26.6 Å². The van der Waals surface area contributed by atoms with Crippen molar-refractivity contribution in [3.8, 4) is 0 Å². The van der Waals surface area contributed by atoms with E-state index < -0.39 is 10.0 Å². The van der Waals surface area contributed by atoms with Crippen molar-refractivity contribution in [2.24, 2.45) is 12.0 Å². The van der Waals surface area contributed by atoms with Gasteiger partial charge in [-0.3, -0.25) is 0 Å². The van der Waals surface area contributed by atoms with Crippen LogP contribution in [0.15, 0.2) is 11.3 Å². The standard InChI is InChI=1S/C16H31N7O3S.HI/c1-5-17-16(18-12-15-20-19-13-21(15)4)22-6-8-23(9-7-22)27(24,25)11-10-26-14(2)3;/h13-14H,5-12H2,1-4H3,(H,17,18);1H. The van der Waals surface area contributed by atoms with Crippen molar-refractivity contribution in [2.45, 2.75) is 33.4 Å². The van der Waals surface area contributed by atoms with Gasteiger partial charge in [0.15, 0.2) is 11.8 Å². The highest BCUT2D eigenvalue weighted by molar-refractivity contribution is 14.0. The molecule has 1 aromatic heterocycles. The molecule has 0 aromatic carbocycles. The second kappa shape index (κ2) is 11.9. The molecule has 1 fully saturated rings. The largest absolute Gasteiger partial charge is 0.378 e. The molecular formula is C16H32IN7O3S. The SMILES string of the molecule is CCNC(=NCc1nncn1C)N1CCN(S(=O)(=O)CCOC(C)C)CC1.I. The maximum absolute atomic E-state index is 12.5. The molecule has 0 unspecified atom stereocenters. The van der Waals surface area contributed by atoms with Gasteiger partial charge in [-0.15, -0.1) is 34.2 Å². The molecule has 2 rings (SSSR count). The maximum atomic E-state index is 12.5. The Bertz CT molecular complexity index is 716. The number of guanidine groups is 1. The van der Waals surface area contributed by atoms with Crippen LogP contribution in [0.2, 0.25) is 0 Å². The Morgan fingerprint density at radius 1 is 1.32 bits per heavy atom. The van der Waals surface area contributed by atoms with Crippen LogP contribution in [-0.2, 0) is 28.4 Å². The smallest absolute Gasteiger partial charge is 0.216 e. The summed E-state index contributed by atoms with van der Waals surface area (Å²) in [6.45, 7) is 9.25. The van der Waals surface area contributed by atoms with Crippen LogP contribution in [0.4, 0.5) is 0 Å². The lowest BCUT2D eigenvalue weighted by molar-refractivity contribution is 0.0904. The zero-order valence-electron chi connectivity index (χ0n) is 17.0. The summed E-state index contributed by atoms with van der Waals surface area (Å²) >= 11 is 0. The Morgan fingerprint density at radius 3 is 2.54 bits per heavy atom. The Kier molecular flexibility index (Phi) is 10.6. The van der Waals surface area contributed by atoms with E-state index in [-0.39, 0.29) is 42.4 Å². The molecule has 0 saturated carbocycles. The topological polar surface area (TPSA) is 105 Å². The Hall–Kier alpha value is -0.990. The van der Waals surface area contributed by atoms with Crippen LogP contribution in [-0.4, -0.2) is 89.5 Å². The van der Waals surface area contributed by atoms with Gasteiger partial charge in [0.1, 0.15) is 12.9 Å². The number of nitrogens with one attached hydrogen (secondary N) is 1.